The lowest BCUT2D eigenvalue weighted by Gasteiger charge is -2.27. The molecule has 0 aliphatic rings. The number of carbonyl (C=O) groups is 1. The number of rotatable bonds is 5. The van der Waals surface area contributed by atoms with E-state index < -0.39 is 0 Å². The second-order valence-electron chi connectivity index (χ2n) is 20.3. The summed E-state index contributed by atoms with van der Waals surface area (Å²) in [5.41, 5.74) is 10.9. The average molecular weight is 827 g/mol. The van der Waals surface area contributed by atoms with Gasteiger partial charge in [-0.15, -0.1) is 0 Å². The zero-order chi connectivity index (χ0) is 44.9. The Morgan fingerprint density at radius 3 is 1.68 bits per heavy atom. The largest absolute Gasteiger partial charge is 0.507 e. The molecule has 0 fully saturated rings. The van der Waals surface area contributed by atoms with E-state index in [-0.39, 0.29) is 33.2 Å². The molecule has 0 atom stereocenters. The fraction of sp³-hybridized carbons (Fsp3) is 0.291. The first kappa shape index (κ1) is 43.6. The number of phenols is 2. The highest BCUT2D eigenvalue weighted by Gasteiger charge is 2.26. The predicted molar refractivity (Wildman–Crippen MR) is 256 cm³/mol. The van der Waals surface area contributed by atoms with Gasteiger partial charge in [0, 0.05) is 44.8 Å². The van der Waals surface area contributed by atoms with Crippen LogP contribution in [0.15, 0.2) is 123 Å². The molecule has 0 aliphatic carbocycles. The Morgan fingerprint density at radius 2 is 1.05 bits per heavy atom. The van der Waals surface area contributed by atoms with E-state index in [2.05, 4.69) is 98.7 Å². The van der Waals surface area contributed by atoms with Crippen LogP contribution in [-0.2, 0) is 21.7 Å². The van der Waals surface area contributed by atoms with Crippen LogP contribution in [0.25, 0.3) is 55.6 Å². The number of aliphatic imine (C=N–C) groups is 1. The third kappa shape index (κ3) is 8.67. The molecule has 0 aliphatic heterocycles. The van der Waals surface area contributed by atoms with Crippen molar-refractivity contribution in [2.75, 3.05) is 0 Å². The molecule has 2 aromatic heterocycles. The van der Waals surface area contributed by atoms with Gasteiger partial charge in [0.05, 0.1) is 16.8 Å². The number of hydrogen-bond acceptors (Lipinski definition) is 7. The van der Waals surface area contributed by atoms with Crippen LogP contribution in [-0.4, -0.2) is 27.7 Å². The molecule has 0 unspecified atom stereocenters. The number of oxazole rings is 1. The Balaban J connectivity index is 0.000000287. The molecule has 2 N–H and O–H groups in total. The summed E-state index contributed by atoms with van der Waals surface area (Å²) in [6.07, 6.45) is 2.47. The minimum absolute atomic E-state index is 0.0362. The van der Waals surface area contributed by atoms with Gasteiger partial charge < -0.3 is 19.0 Å². The molecule has 0 radical (unpaired) electrons. The van der Waals surface area contributed by atoms with Crippen molar-refractivity contribution in [3.05, 3.63) is 143 Å². The van der Waals surface area contributed by atoms with E-state index in [0.29, 0.717) is 28.3 Å². The van der Waals surface area contributed by atoms with E-state index in [1.165, 1.54) is 0 Å². The van der Waals surface area contributed by atoms with E-state index in [0.717, 1.165) is 72.7 Å². The highest BCUT2D eigenvalue weighted by atomic mass is 16.3. The van der Waals surface area contributed by atoms with Gasteiger partial charge in [-0.25, -0.2) is 4.98 Å². The van der Waals surface area contributed by atoms with Gasteiger partial charge in [-0.1, -0.05) is 156 Å². The van der Waals surface area contributed by atoms with Crippen molar-refractivity contribution in [2.45, 2.75) is 105 Å². The number of aromatic hydroxyl groups is 2. The van der Waals surface area contributed by atoms with Crippen LogP contribution in [0.1, 0.15) is 121 Å². The maximum atomic E-state index is 11.3. The number of fused-ring (bicyclic) bond motifs is 4. The highest BCUT2D eigenvalue weighted by molar-refractivity contribution is 6.11. The lowest BCUT2D eigenvalue weighted by atomic mass is 9.79. The second-order valence-corrected chi connectivity index (χ2v) is 20.3. The number of benzene rings is 6. The molecule has 318 valence electrons. The van der Waals surface area contributed by atoms with Gasteiger partial charge in [0.15, 0.2) is 11.9 Å². The van der Waals surface area contributed by atoms with Crippen molar-refractivity contribution in [2.24, 2.45) is 4.99 Å². The number of nitrogens with zero attached hydrogens (tertiary/aromatic N) is 2. The second kappa shape index (κ2) is 16.1. The Kier molecular flexibility index (Phi) is 11.3. The number of para-hydroxylation sites is 4. The van der Waals surface area contributed by atoms with Gasteiger partial charge in [0.2, 0.25) is 5.89 Å². The van der Waals surface area contributed by atoms with Gasteiger partial charge in [0.1, 0.15) is 28.2 Å². The molecular weight excluding hydrogens is 769 g/mol. The molecule has 0 amide bonds. The average Bonchev–Trinajstić information content (AvgIpc) is 3.81. The number of furan rings is 1. The smallest absolute Gasteiger partial charge is 0.229 e. The number of aldehydes is 1. The standard InChI is InChI=1S/C40H36N2O3.C15H22O2/c1-39(2,3)25-21-24(36(43)31(22-25)40(4,5)6)23-41-32-18-9-7-14-30(32)38-42-35-27(15-12-20-34(35)45-38)29-17-11-16-28-26-13-8-10-19-33(26)44-37(28)29;1-14(2,3)11-7-10(9-16)13(17)12(8-11)15(4,5)6/h7-23,43H,1-6H3;7-9,17H,1-6H3. The molecule has 6 aromatic carbocycles. The first-order chi connectivity index (χ1) is 29.1. The molecule has 2 heterocycles. The molecule has 0 bridgehead atoms. The molecule has 62 heavy (non-hydrogen) atoms. The number of aromatic nitrogens is 1. The maximum Gasteiger partial charge on any atom is 0.229 e. The molecular formula is C55H58N2O5. The Bertz CT molecular complexity index is 2990. The molecule has 8 rings (SSSR count). The Hall–Kier alpha value is -6.47. The third-order valence-corrected chi connectivity index (χ3v) is 11.3. The summed E-state index contributed by atoms with van der Waals surface area (Å²) in [4.78, 5) is 20.9. The normalized spacial score (nSPS) is 12.6. The van der Waals surface area contributed by atoms with E-state index in [1.54, 1.807) is 12.3 Å². The first-order valence-electron chi connectivity index (χ1n) is 21.2. The minimum Gasteiger partial charge on any atom is -0.507 e. The monoisotopic (exact) mass is 826 g/mol. The summed E-state index contributed by atoms with van der Waals surface area (Å²) in [7, 11) is 0. The van der Waals surface area contributed by atoms with Crippen LogP contribution in [0.5, 0.6) is 11.5 Å². The lowest BCUT2D eigenvalue weighted by Crippen LogP contribution is -2.17. The predicted octanol–water partition coefficient (Wildman–Crippen LogP) is 14.9. The summed E-state index contributed by atoms with van der Waals surface area (Å²) < 4.78 is 12.7. The first-order valence-corrected chi connectivity index (χ1v) is 21.2. The summed E-state index contributed by atoms with van der Waals surface area (Å²) in [6.45, 7) is 25.3. The van der Waals surface area contributed by atoms with Crippen LogP contribution >= 0.6 is 0 Å². The lowest BCUT2D eigenvalue weighted by molar-refractivity contribution is 0.112. The van der Waals surface area contributed by atoms with Crippen LogP contribution < -0.4 is 0 Å². The van der Waals surface area contributed by atoms with Crippen LogP contribution in [0.3, 0.4) is 0 Å². The van der Waals surface area contributed by atoms with Gasteiger partial charge in [0.25, 0.3) is 0 Å². The summed E-state index contributed by atoms with van der Waals surface area (Å²) in [6, 6.07) is 36.0. The van der Waals surface area contributed by atoms with Crippen LogP contribution in [0.2, 0.25) is 0 Å². The maximum absolute atomic E-state index is 11.3. The van der Waals surface area contributed by atoms with Crippen molar-refractivity contribution in [3.8, 4) is 34.1 Å². The van der Waals surface area contributed by atoms with E-state index in [4.69, 9.17) is 18.8 Å². The van der Waals surface area contributed by atoms with Gasteiger partial charge in [-0.3, -0.25) is 9.79 Å². The minimum atomic E-state index is -0.228. The number of hydrogen-bond donors (Lipinski definition) is 2. The van der Waals surface area contributed by atoms with Crippen molar-refractivity contribution < 1.29 is 23.8 Å². The van der Waals surface area contributed by atoms with Gasteiger partial charge >= 0.3 is 0 Å². The van der Waals surface area contributed by atoms with Crippen LogP contribution in [0.4, 0.5) is 5.69 Å². The summed E-state index contributed by atoms with van der Waals surface area (Å²) in [5.74, 6) is 0.841. The Labute approximate surface area is 365 Å². The zero-order valence-corrected chi connectivity index (χ0v) is 38.1. The van der Waals surface area contributed by atoms with Crippen LogP contribution in [0, 0.1) is 0 Å². The van der Waals surface area contributed by atoms with Gasteiger partial charge in [-0.2, -0.15) is 0 Å². The van der Waals surface area contributed by atoms with Crippen molar-refractivity contribution in [1.29, 1.82) is 0 Å². The molecule has 0 saturated carbocycles. The number of phenolic OH excluding ortho intramolecular Hbond substituents is 2. The van der Waals surface area contributed by atoms with Gasteiger partial charge in [-0.05, 0) is 69.2 Å². The third-order valence-electron chi connectivity index (χ3n) is 11.3. The fourth-order valence-corrected chi connectivity index (χ4v) is 7.66. The SMILES string of the molecule is CC(C)(C)c1cc(C=Nc2ccccc2-c2nc3c(-c4cccc5c4oc4ccccc45)cccc3o2)c(O)c(C(C)(C)C)c1.CC(C)(C)c1cc(C=O)c(O)c(C(C)(C)C)c1. The summed E-state index contributed by atoms with van der Waals surface area (Å²) in [5, 5.41) is 23.5. The zero-order valence-electron chi connectivity index (χ0n) is 38.1. The number of carbonyl (C=O) groups excluding carboxylic acids is 1. The quantitative estimate of drug-likeness (QED) is 0.132. The Morgan fingerprint density at radius 1 is 0.532 bits per heavy atom. The summed E-state index contributed by atoms with van der Waals surface area (Å²) >= 11 is 0. The van der Waals surface area contributed by atoms with Crippen molar-refractivity contribution >= 4 is 51.2 Å². The van der Waals surface area contributed by atoms with E-state index in [1.807, 2.05) is 87.5 Å². The topological polar surface area (TPSA) is 109 Å². The van der Waals surface area contributed by atoms with Crippen molar-refractivity contribution in [1.82, 2.24) is 4.98 Å². The molecule has 8 aromatic rings. The molecule has 0 saturated heterocycles. The molecule has 0 spiro atoms. The van der Waals surface area contributed by atoms with Crippen molar-refractivity contribution in [3.63, 3.8) is 0 Å². The van der Waals surface area contributed by atoms with E-state index >= 15 is 0 Å². The fourth-order valence-electron chi connectivity index (χ4n) is 7.66. The van der Waals surface area contributed by atoms with E-state index in [9.17, 15) is 15.0 Å². The highest BCUT2D eigenvalue weighted by Crippen LogP contribution is 2.42. The molecule has 7 heteroatoms. The molecule has 7 nitrogen and oxygen atoms in total.